The van der Waals surface area contributed by atoms with Gasteiger partial charge in [-0.25, -0.2) is 4.98 Å². The second-order valence-electron chi connectivity index (χ2n) is 5.19. The third-order valence-electron chi connectivity index (χ3n) is 3.22. The summed E-state index contributed by atoms with van der Waals surface area (Å²) in [6.45, 7) is 2.87. The smallest absolute Gasteiger partial charge is 0.149 e. The Hall–Kier alpha value is -1.17. The van der Waals surface area contributed by atoms with Crippen molar-refractivity contribution in [2.45, 2.75) is 38.3 Å². The van der Waals surface area contributed by atoms with E-state index in [0.29, 0.717) is 0 Å². The van der Waals surface area contributed by atoms with Gasteiger partial charge in [-0.05, 0) is 37.6 Å². The highest BCUT2D eigenvalue weighted by Gasteiger charge is 2.16. The fourth-order valence-electron chi connectivity index (χ4n) is 2.01. The van der Waals surface area contributed by atoms with Gasteiger partial charge in [-0.3, -0.25) is 0 Å². The third-order valence-corrected chi connectivity index (χ3v) is 4.08. The summed E-state index contributed by atoms with van der Waals surface area (Å²) in [6, 6.07) is 4.13. The largest absolute Gasteiger partial charge is 0.394 e. The third kappa shape index (κ3) is 3.89. The Balaban J connectivity index is 1.86. The summed E-state index contributed by atoms with van der Waals surface area (Å²) in [4.78, 5) is 5.61. The molecule has 0 aromatic carbocycles. The Bertz CT molecular complexity index is 491. The number of aliphatic hydroxyl groups is 1. The molecule has 0 fully saturated rings. The second-order valence-corrected chi connectivity index (χ2v) is 6.14. The van der Waals surface area contributed by atoms with Crippen LogP contribution in [0.3, 0.4) is 0 Å². The van der Waals surface area contributed by atoms with Gasteiger partial charge in [-0.1, -0.05) is 6.07 Å². The van der Waals surface area contributed by atoms with E-state index < -0.39 is 5.54 Å². The summed E-state index contributed by atoms with van der Waals surface area (Å²) in [5.41, 5.74) is 5.46. The van der Waals surface area contributed by atoms with E-state index >= 15 is 0 Å². The first-order valence-corrected chi connectivity index (χ1v) is 7.45. The molecule has 0 aliphatic carbocycles. The molecule has 2 aromatic heterocycles. The van der Waals surface area contributed by atoms with E-state index in [1.54, 1.807) is 11.3 Å². The average Bonchev–Trinajstić information content (AvgIpc) is 3.05. The van der Waals surface area contributed by atoms with Crippen LogP contribution in [0.1, 0.15) is 26.2 Å². The van der Waals surface area contributed by atoms with Gasteiger partial charge in [0.25, 0.3) is 0 Å². The van der Waals surface area contributed by atoms with Gasteiger partial charge in [-0.2, -0.15) is 0 Å². The standard InChI is InChI=1S/C14H21N3OS/c1-14(15,11-18)6-2-3-8-17-9-7-16-13(17)12-5-4-10-19-12/h4-5,7,9-10,18H,2-3,6,8,11,15H2,1H3. The molecule has 3 N–H and O–H groups in total. The van der Waals surface area contributed by atoms with Crippen molar-refractivity contribution in [3.05, 3.63) is 29.9 Å². The van der Waals surface area contributed by atoms with Crippen molar-refractivity contribution in [3.8, 4) is 10.7 Å². The highest BCUT2D eigenvalue weighted by atomic mass is 32.1. The molecule has 104 valence electrons. The molecule has 0 radical (unpaired) electrons. The number of imidazole rings is 1. The minimum absolute atomic E-state index is 0.0402. The van der Waals surface area contributed by atoms with Crippen molar-refractivity contribution in [2.75, 3.05) is 6.61 Å². The van der Waals surface area contributed by atoms with Crippen LogP contribution in [0.5, 0.6) is 0 Å². The van der Waals surface area contributed by atoms with E-state index in [2.05, 4.69) is 21.0 Å². The first-order chi connectivity index (χ1) is 9.12. The van der Waals surface area contributed by atoms with Crippen LogP contribution in [-0.4, -0.2) is 26.8 Å². The second kappa shape index (κ2) is 6.32. The molecule has 1 atom stereocenters. The molecule has 0 bridgehead atoms. The van der Waals surface area contributed by atoms with Crippen LogP contribution in [0.25, 0.3) is 10.7 Å². The van der Waals surface area contributed by atoms with Crippen molar-refractivity contribution in [3.63, 3.8) is 0 Å². The monoisotopic (exact) mass is 279 g/mol. The van der Waals surface area contributed by atoms with Crippen LogP contribution >= 0.6 is 11.3 Å². The number of hydrogen-bond donors (Lipinski definition) is 2. The molecule has 2 aromatic rings. The van der Waals surface area contributed by atoms with Crippen molar-refractivity contribution in [2.24, 2.45) is 5.73 Å². The molecule has 1 unspecified atom stereocenters. The fraction of sp³-hybridized carbons (Fsp3) is 0.500. The van der Waals surface area contributed by atoms with Crippen LogP contribution in [0.4, 0.5) is 0 Å². The van der Waals surface area contributed by atoms with E-state index in [-0.39, 0.29) is 6.61 Å². The molecule has 0 amide bonds. The van der Waals surface area contributed by atoms with Gasteiger partial charge >= 0.3 is 0 Å². The zero-order valence-corrected chi connectivity index (χ0v) is 12.1. The van der Waals surface area contributed by atoms with Crippen molar-refractivity contribution < 1.29 is 5.11 Å². The van der Waals surface area contributed by atoms with Crippen LogP contribution < -0.4 is 5.73 Å². The molecule has 4 nitrogen and oxygen atoms in total. The SMILES string of the molecule is CC(N)(CO)CCCCn1ccnc1-c1cccs1. The van der Waals surface area contributed by atoms with E-state index in [0.717, 1.165) is 31.6 Å². The molecule has 2 heterocycles. The summed E-state index contributed by atoms with van der Waals surface area (Å²) < 4.78 is 2.18. The maximum Gasteiger partial charge on any atom is 0.149 e. The molecule has 2 rings (SSSR count). The van der Waals surface area contributed by atoms with Gasteiger partial charge < -0.3 is 15.4 Å². The maximum atomic E-state index is 9.11. The quantitative estimate of drug-likeness (QED) is 0.765. The van der Waals surface area contributed by atoms with Crippen molar-refractivity contribution in [1.82, 2.24) is 9.55 Å². The topological polar surface area (TPSA) is 64.1 Å². The van der Waals surface area contributed by atoms with Gasteiger partial charge in [0, 0.05) is 24.5 Å². The van der Waals surface area contributed by atoms with Gasteiger partial charge in [0.1, 0.15) is 5.82 Å². The van der Waals surface area contributed by atoms with E-state index in [1.165, 1.54) is 4.88 Å². The van der Waals surface area contributed by atoms with Crippen LogP contribution in [0, 0.1) is 0 Å². The van der Waals surface area contributed by atoms with Gasteiger partial charge in [0.2, 0.25) is 0 Å². The molecule has 0 spiro atoms. The number of nitrogens with two attached hydrogens (primary N) is 1. The van der Waals surface area contributed by atoms with Gasteiger partial charge in [0.15, 0.2) is 0 Å². The van der Waals surface area contributed by atoms with Crippen LogP contribution in [-0.2, 0) is 6.54 Å². The lowest BCUT2D eigenvalue weighted by Crippen LogP contribution is -2.39. The van der Waals surface area contributed by atoms with E-state index in [9.17, 15) is 0 Å². The molecule has 5 heteroatoms. The molecule has 0 aliphatic rings. The van der Waals surface area contributed by atoms with E-state index in [1.807, 2.05) is 25.4 Å². The Morgan fingerprint density at radius 3 is 3.00 bits per heavy atom. The highest BCUT2D eigenvalue weighted by Crippen LogP contribution is 2.23. The molecule has 0 aliphatic heterocycles. The predicted octanol–water partition coefficient (Wildman–Crippen LogP) is 2.49. The zero-order valence-electron chi connectivity index (χ0n) is 11.2. The minimum Gasteiger partial charge on any atom is -0.394 e. The fourth-order valence-corrected chi connectivity index (χ4v) is 2.75. The first kappa shape index (κ1) is 14.2. The number of nitrogens with zero attached hydrogens (tertiary/aromatic N) is 2. The van der Waals surface area contributed by atoms with Gasteiger partial charge in [-0.15, -0.1) is 11.3 Å². The zero-order chi connectivity index (χ0) is 13.7. The first-order valence-electron chi connectivity index (χ1n) is 6.57. The summed E-state index contributed by atoms with van der Waals surface area (Å²) in [6.07, 6.45) is 6.75. The molecule has 0 saturated heterocycles. The lowest BCUT2D eigenvalue weighted by atomic mass is 9.97. The van der Waals surface area contributed by atoms with Crippen molar-refractivity contribution in [1.29, 1.82) is 0 Å². The molecule has 19 heavy (non-hydrogen) atoms. The normalized spacial score (nSPS) is 14.5. The molecular weight excluding hydrogens is 258 g/mol. The maximum absolute atomic E-state index is 9.11. The average molecular weight is 279 g/mol. The minimum atomic E-state index is -0.453. The number of hydrogen-bond acceptors (Lipinski definition) is 4. The van der Waals surface area contributed by atoms with Gasteiger partial charge in [0.05, 0.1) is 11.5 Å². The number of thiophene rings is 1. The van der Waals surface area contributed by atoms with Crippen LogP contribution in [0.2, 0.25) is 0 Å². The number of rotatable bonds is 7. The highest BCUT2D eigenvalue weighted by molar-refractivity contribution is 7.13. The Morgan fingerprint density at radius 2 is 2.32 bits per heavy atom. The number of aromatic nitrogens is 2. The summed E-state index contributed by atoms with van der Waals surface area (Å²) in [5, 5.41) is 11.2. The molecular formula is C14H21N3OS. The summed E-state index contributed by atoms with van der Waals surface area (Å²) in [7, 11) is 0. The molecule has 0 saturated carbocycles. The summed E-state index contributed by atoms with van der Waals surface area (Å²) >= 11 is 1.71. The Kier molecular flexibility index (Phi) is 4.74. The Labute approximate surface area is 117 Å². The van der Waals surface area contributed by atoms with Crippen molar-refractivity contribution >= 4 is 11.3 Å². The number of aryl methyl sites for hydroxylation is 1. The number of aliphatic hydroxyl groups excluding tert-OH is 1. The predicted molar refractivity (Wildman–Crippen MR) is 79.1 cm³/mol. The lowest BCUT2D eigenvalue weighted by molar-refractivity contribution is 0.197. The number of unbranched alkanes of at least 4 members (excludes halogenated alkanes) is 1. The Morgan fingerprint density at radius 1 is 1.47 bits per heavy atom. The van der Waals surface area contributed by atoms with E-state index in [4.69, 9.17) is 10.8 Å². The summed E-state index contributed by atoms with van der Waals surface area (Å²) in [5.74, 6) is 1.03. The lowest BCUT2D eigenvalue weighted by Gasteiger charge is -2.21. The van der Waals surface area contributed by atoms with Crippen LogP contribution in [0.15, 0.2) is 29.9 Å².